The number of methoxy groups -OCH3 is 2. The van der Waals surface area contributed by atoms with Crippen LogP contribution in [0, 0.1) is 0 Å². The Bertz CT molecular complexity index is 882. The summed E-state index contributed by atoms with van der Waals surface area (Å²) in [7, 11) is -1.47. The van der Waals surface area contributed by atoms with Gasteiger partial charge in [0.15, 0.2) is 0 Å². The fraction of sp³-hybridized carbons (Fsp3) is 0.133. The fourth-order valence-corrected chi connectivity index (χ4v) is 3.41. The second kappa shape index (κ2) is 6.98. The summed E-state index contributed by atoms with van der Waals surface area (Å²) < 4.78 is 37.7. The van der Waals surface area contributed by atoms with Crippen molar-refractivity contribution in [3.05, 3.63) is 47.0 Å². The van der Waals surface area contributed by atoms with Crippen molar-refractivity contribution in [3.63, 3.8) is 0 Å². The Balaban J connectivity index is 2.53. The lowest BCUT2D eigenvalue weighted by atomic mass is 10.2. The van der Waals surface area contributed by atoms with E-state index in [4.69, 9.17) is 26.2 Å². The second-order valence-electron chi connectivity index (χ2n) is 4.62. The van der Waals surface area contributed by atoms with Crippen molar-refractivity contribution in [3.8, 4) is 11.5 Å². The van der Waals surface area contributed by atoms with Crippen molar-refractivity contribution >= 4 is 33.3 Å². The third-order valence-corrected chi connectivity index (χ3v) is 4.73. The lowest BCUT2D eigenvalue weighted by molar-refractivity contribution is 0.0696. The van der Waals surface area contributed by atoms with Crippen LogP contribution in [0.4, 0.5) is 5.69 Å². The largest absolute Gasteiger partial charge is 0.495 e. The van der Waals surface area contributed by atoms with E-state index in [0.29, 0.717) is 5.02 Å². The Labute approximate surface area is 143 Å². The van der Waals surface area contributed by atoms with Gasteiger partial charge in [0.2, 0.25) is 0 Å². The van der Waals surface area contributed by atoms with Crippen molar-refractivity contribution in [1.29, 1.82) is 0 Å². The summed E-state index contributed by atoms with van der Waals surface area (Å²) in [5.41, 5.74) is -0.0676. The first-order valence-corrected chi connectivity index (χ1v) is 8.42. The van der Waals surface area contributed by atoms with E-state index in [1.165, 1.54) is 38.5 Å². The first-order chi connectivity index (χ1) is 11.3. The van der Waals surface area contributed by atoms with Gasteiger partial charge < -0.3 is 14.6 Å². The van der Waals surface area contributed by atoms with Gasteiger partial charge in [-0.05, 0) is 36.4 Å². The summed E-state index contributed by atoms with van der Waals surface area (Å²) in [5, 5.41) is 9.36. The summed E-state index contributed by atoms with van der Waals surface area (Å²) in [6.45, 7) is 0. The maximum Gasteiger partial charge on any atom is 0.335 e. The maximum atomic E-state index is 12.7. The van der Waals surface area contributed by atoms with Crippen LogP contribution in [0.25, 0.3) is 0 Å². The number of hydrogen-bond acceptors (Lipinski definition) is 5. The highest BCUT2D eigenvalue weighted by Gasteiger charge is 2.23. The van der Waals surface area contributed by atoms with Crippen molar-refractivity contribution < 1.29 is 27.8 Å². The number of halogens is 1. The molecule has 0 aliphatic rings. The van der Waals surface area contributed by atoms with Crippen LogP contribution in [0.2, 0.25) is 5.02 Å². The highest BCUT2D eigenvalue weighted by atomic mass is 35.5. The van der Waals surface area contributed by atoms with E-state index in [1.807, 2.05) is 0 Å². The predicted octanol–water partition coefficient (Wildman–Crippen LogP) is 2.86. The molecule has 0 bridgehead atoms. The van der Waals surface area contributed by atoms with Crippen LogP contribution < -0.4 is 14.2 Å². The molecule has 0 saturated heterocycles. The average molecular weight is 372 g/mol. The maximum absolute atomic E-state index is 12.7. The molecule has 0 aliphatic carbocycles. The number of anilines is 1. The molecule has 0 fully saturated rings. The molecule has 7 nitrogen and oxygen atoms in total. The molecule has 0 unspecified atom stereocenters. The minimum Gasteiger partial charge on any atom is -0.495 e. The standard InChI is InChI=1S/C15H14ClNO6S/c1-22-12-6-4-10(16)8-11(12)17-24(20,21)14-7-9(15(18)19)3-5-13(14)23-2/h3-8,17H,1-2H3,(H,18,19). The number of rotatable bonds is 6. The van der Waals surface area contributed by atoms with Crippen LogP contribution in [-0.4, -0.2) is 33.7 Å². The second-order valence-corrected chi connectivity index (χ2v) is 6.71. The first-order valence-electron chi connectivity index (χ1n) is 6.56. The van der Waals surface area contributed by atoms with E-state index in [1.54, 1.807) is 6.07 Å². The zero-order chi connectivity index (χ0) is 17.9. The van der Waals surface area contributed by atoms with Crippen LogP contribution in [-0.2, 0) is 10.0 Å². The molecule has 2 aromatic carbocycles. The van der Waals surface area contributed by atoms with E-state index < -0.39 is 16.0 Å². The molecular weight excluding hydrogens is 358 g/mol. The van der Waals surface area contributed by atoms with Gasteiger partial charge in [0.1, 0.15) is 16.4 Å². The normalized spacial score (nSPS) is 11.0. The molecule has 2 aromatic rings. The molecule has 0 amide bonds. The molecule has 0 aromatic heterocycles. The number of carboxylic acid groups (broad SMARTS) is 1. The van der Waals surface area contributed by atoms with Crippen LogP contribution in [0.1, 0.15) is 10.4 Å². The highest BCUT2D eigenvalue weighted by molar-refractivity contribution is 7.92. The smallest absolute Gasteiger partial charge is 0.335 e. The SMILES string of the molecule is COc1ccc(Cl)cc1NS(=O)(=O)c1cc(C(=O)O)ccc1OC. The van der Waals surface area contributed by atoms with Crippen LogP contribution >= 0.6 is 11.6 Å². The Morgan fingerprint density at radius 2 is 1.71 bits per heavy atom. The number of carboxylic acids is 1. The van der Waals surface area contributed by atoms with E-state index in [9.17, 15) is 13.2 Å². The van der Waals surface area contributed by atoms with E-state index in [2.05, 4.69) is 4.72 Å². The van der Waals surface area contributed by atoms with Gasteiger partial charge in [-0.3, -0.25) is 4.72 Å². The molecule has 0 atom stereocenters. The molecule has 0 radical (unpaired) electrons. The molecule has 2 N–H and O–H groups in total. The number of carbonyl (C=O) groups is 1. The van der Waals surface area contributed by atoms with Crippen molar-refractivity contribution in [2.24, 2.45) is 0 Å². The topological polar surface area (TPSA) is 102 Å². The Morgan fingerprint density at radius 1 is 1.08 bits per heavy atom. The van der Waals surface area contributed by atoms with E-state index in [-0.39, 0.29) is 27.6 Å². The Kier molecular flexibility index (Phi) is 5.20. The van der Waals surface area contributed by atoms with Gasteiger partial charge in [0.05, 0.1) is 25.5 Å². The summed E-state index contributed by atoms with van der Waals surface area (Å²) in [4.78, 5) is 10.8. The average Bonchev–Trinajstić information content (AvgIpc) is 2.54. The lowest BCUT2D eigenvalue weighted by Crippen LogP contribution is -2.15. The number of benzene rings is 2. The molecule has 2 rings (SSSR count). The number of aromatic carboxylic acids is 1. The number of nitrogens with one attached hydrogen (secondary N) is 1. The number of ether oxygens (including phenoxy) is 2. The van der Waals surface area contributed by atoms with Gasteiger partial charge in [0.25, 0.3) is 10.0 Å². The summed E-state index contributed by atoms with van der Waals surface area (Å²) in [6.07, 6.45) is 0. The first kappa shape index (κ1) is 17.9. The van der Waals surface area contributed by atoms with Crippen molar-refractivity contribution in [1.82, 2.24) is 0 Å². The minimum absolute atomic E-state index is 0.00787. The summed E-state index contributed by atoms with van der Waals surface area (Å²) >= 11 is 5.88. The third kappa shape index (κ3) is 3.72. The quantitative estimate of drug-likeness (QED) is 0.809. The van der Waals surface area contributed by atoms with Crippen LogP contribution in [0.15, 0.2) is 41.3 Å². The zero-order valence-electron chi connectivity index (χ0n) is 12.7. The molecule has 0 heterocycles. The summed E-state index contributed by atoms with van der Waals surface area (Å²) in [6, 6.07) is 7.97. The fourth-order valence-electron chi connectivity index (χ4n) is 1.98. The number of sulfonamides is 1. The predicted molar refractivity (Wildman–Crippen MR) is 88.8 cm³/mol. The van der Waals surface area contributed by atoms with Gasteiger partial charge >= 0.3 is 5.97 Å². The molecular formula is C15H14ClNO6S. The lowest BCUT2D eigenvalue weighted by Gasteiger charge is -2.14. The number of hydrogen-bond donors (Lipinski definition) is 2. The monoisotopic (exact) mass is 371 g/mol. The van der Waals surface area contributed by atoms with Gasteiger partial charge in [-0.1, -0.05) is 11.6 Å². The van der Waals surface area contributed by atoms with E-state index >= 15 is 0 Å². The van der Waals surface area contributed by atoms with Gasteiger partial charge in [-0.25, -0.2) is 13.2 Å². The minimum atomic E-state index is -4.14. The Morgan fingerprint density at radius 3 is 2.29 bits per heavy atom. The Hall–Kier alpha value is -2.45. The molecule has 0 aliphatic heterocycles. The van der Waals surface area contributed by atoms with Crippen LogP contribution in [0.3, 0.4) is 0 Å². The van der Waals surface area contributed by atoms with Crippen molar-refractivity contribution in [2.75, 3.05) is 18.9 Å². The molecule has 24 heavy (non-hydrogen) atoms. The van der Waals surface area contributed by atoms with Gasteiger partial charge in [0, 0.05) is 5.02 Å². The van der Waals surface area contributed by atoms with E-state index in [0.717, 1.165) is 6.07 Å². The third-order valence-electron chi connectivity index (χ3n) is 3.11. The van der Waals surface area contributed by atoms with Gasteiger partial charge in [-0.2, -0.15) is 0 Å². The zero-order valence-corrected chi connectivity index (χ0v) is 14.3. The molecule has 128 valence electrons. The summed E-state index contributed by atoms with van der Waals surface area (Å²) in [5.74, 6) is -0.987. The van der Waals surface area contributed by atoms with Crippen LogP contribution in [0.5, 0.6) is 11.5 Å². The van der Waals surface area contributed by atoms with Crippen molar-refractivity contribution in [2.45, 2.75) is 4.90 Å². The molecule has 9 heteroatoms. The highest BCUT2D eigenvalue weighted by Crippen LogP contribution is 2.32. The van der Waals surface area contributed by atoms with Gasteiger partial charge in [-0.15, -0.1) is 0 Å². The molecule has 0 saturated carbocycles. The molecule has 0 spiro atoms.